The SMILES string of the molecule is C[SiH2]N([SiH3])[SiH2]C. The molecule has 0 N–H and O–H groups in total. The summed E-state index contributed by atoms with van der Waals surface area (Å²) in [7, 11) is 1.94. The molecular formula is C2H13NSi3. The minimum atomic E-state index is 0.295. The average molecular weight is 135 g/mol. The van der Waals surface area contributed by atoms with Crippen LogP contribution in [-0.2, 0) is 0 Å². The molecule has 0 heterocycles. The van der Waals surface area contributed by atoms with E-state index in [1.165, 1.54) is 10.4 Å². The zero-order valence-electron chi connectivity index (χ0n) is 4.86. The first kappa shape index (κ1) is 6.61. The fourth-order valence-corrected chi connectivity index (χ4v) is 2.01. The lowest BCUT2D eigenvalue weighted by Gasteiger charge is -2.07. The van der Waals surface area contributed by atoms with Crippen LogP contribution in [-0.4, -0.2) is 33.7 Å². The maximum absolute atomic E-state index is 2.67. The number of rotatable bonds is 2. The van der Waals surface area contributed by atoms with Gasteiger partial charge in [-0.05, 0) is 0 Å². The maximum atomic E-state index is 2.67. The first-order chi connectivity index (χ1) is 2.81. The summed E-state index contributed by atoms with van der Waals surface area (Å²) < 4.78 is 2.67. The zero-order chi connectivity index (χ0) is 4.99. The molecule has 0 spiro atoms. The molecular weight excluding hydrogens is 122 g/mol. The molecule has 0 aromatic heterocycles. The van der Waals surface area contributed by atoms with E-state index < -0.39 is 0 Å². The number of hydrogen-bond donors (Lipinski definition) is 0. The van der Waals surface area contributed by atoms with Crippen molar-refractivity contribution in [2.24, 2.45) is 0 Å². The molecule has 0 rings (SSSR count). The largest absolute Gasteiger partial charge is 0.386 e. The molecule has 0 aromatic rings. The van der Waals surface area contributed by atoms with E-state index in [4.69, 9.17) is 0 Å². The van der Waals surface area contributed by atoms with Gasteiger partial charge in [0.25, 0.3) is 0 Å². The van der Waals surface area contributed by atoms with Crippen molar-refractivity contribution in [2.45, 2.75) is 13.1 Å². The minimum absolute atomic E-state index is 0.295. The number of nitrogens with zero attached hydrogens (tertiary/aromatic N) is 1. The van der Waals surface area contributed by atoms with Gasteiger partial charge in [0.1, 0.15) is 0 Å². The van der Waals surface area contributed by atoms with Gasteiger partial charge in [0.05, 0.1) is 29.8 Å². The topological polar surface area (TPSA) is 3.24 Å². The second-order valence-corrected chi connectivity index (χ2v) is 9.60. The molecule has 0 aliphatic heterocycles. The summed E-state index contributed by atoms with van der Waals surface area (Å²) >= 11 is 0. The Hall–Kier alpha value is 0.611. The summed E-state index contributed by atoms with van der Waals surface area (Å²) in [6.45, 7) is 4.73. The van der Waals surface area contributed by atoms with Gasteiger partial charge in [-0.1, -0.05) is 13.1 Å². The van der Waals surface area contributed by atoms with Crippen LogP contribution in [0, 0.1) is 0 Å². The molecule has 6 heavy (non-hydrogen) atoms. The van der Waals surface area contributed by atoms with E-state index in [0.29, 0.717) is 19.4 Å². The van der Waals surface area contributed by atoms with Crippen molar-refractivity contribution in [1.82, 2.24) is 3.90 Å². The molecule has 0 unspecified atom stereocenters. The van der Waals surface area contributed by atoms with Crippen LogP contribution < -0.4 is 0 Å². The zero-order valence-corrected chi connectivity index (χ0v) is 9.69. The Labute approximate surface area is 47.4 Å². The van der Waals surface area contributed by atoms with Crippen molar-refractivity contribution in [3.63, 3.8) is 0 Å². The van der Waals surface area contributed by atoms with Crippen molar-refractivity contribution < 1.29 is 0 Å². The summed E-state index contributed by atoms with van der Waals surface area (Å²) in [6, 6.07) is 0. The van der Waals surface area contributed by atoms with Crippen LogP contribution in [0.15, 0.2) is 0 Å². The van der Waals surface area contributed by atoms with Crippen LogP contribution in [0.2, 0.25) is 13.1 Å². The van der Waals surface area contributed by atoms with Crippen LogP contribution >= 0.6 is 0 Å². The van der Waals surface area contributed by atoms with Crippen LogP contribution in [0.3, 0.4) is 0 Å². The van der Waals surface area contributed by atoms with Crippen molar-refractivity contribution in [1.29, 1.82) is 0 Å². The van der Waals surface area contributed by atoms with Gasteiger partial charge in [-0.2, -0.15) is 0 Å². The molecule has 0 aliphatic carbocycles. The monoisotopic (exact) mass is 135 g/mol. The van der Waals surface area contributed by atoms with Gasteiger partial charge in [0.2, 0.25) is 0 Å². The normalized spacial score (nSPS) is 14.5. The molecule has 0 amide bonds. The van der Waals surface area contributed by atoms with Crippen molar-refractivity contribution in [3.05, 3.63) is 0 Å². The Bertz CT molecular complexity index is 28.0. The summed E-state index contributed by atoms with van der Waals surface area (Å²) in [5.41, 5.74) is 0. The Balaban J connectivity index is 2.75. The van der Waals surface area contributed by atoms with Gasteiger partial charge in [-0.25, -0.2) is 0 Å². The van der Waals surface area contributed by atoms with Crippen molar-refractivity contribution in [2.75, 3.05) is 0 Å². The predicted molar refractivity (Wildman–Crippen MR) is 40.6 cm³/mol. The van der Waals surface area contributed by atoms with E-state index in [9.17, 15) is 0 Å². The highest BCUT2D eigenvalue weighted by atomic mass is 28.3. The summed E-state index contributed by atoms with van der Waals surface area (Å²) in [5.74, 6) is 0. The van der Waals surface area contributed by atoms with Crippen LogP contribution in [0.5, 0.6) is 0 Å². The Morgan fingerprint density at radius 1 is 1.33 bits per heavy atom. The Morgan fingerprint density at radius 3 is 1.67 bits per heavy atom. The van der Waals surface area contributed by atoms with Gasteiger partial charge >= 0.3 is 0 Å². The van der Waals surface area contributed by atoms with Gasteiger partial charge in [-0.15, -0.1) is 0 Å². The van der Waals surface area contributed by atoms with E-state index in [-0.39, 0.29) is 0 Å². The molecule has 0 radical (unpaired) electrons. The lowest BCUT2D eigenvalue weighted by molar-refractivity contribution is 1.12. The third-order valence-corrected chi connectivity index (χ3v) is 9.72. The molecule has 0 aliphatic rings. The maximum Gasteiger partial charge on any atom is 0.0768 e. The highest BCUT2D eigenvalue weighted by molar-refractivity contribution is 6.58. The van der Waals surface area contributed by atoms with E-state index >= 15 is 0 Å². The lowest BCUT2D eigenvalue weighted by Crippen LogP contribution is -2.24. The fraction of sp³-hybridized carbons (Fsp3) is 1.00. The van der Waals surface area contributed by atoms with Gasteiger partial charge in [0, 0.05) is 0 Å². The molecule has 0 saturated heterocycles. The van der Waals surface area contributed by atoms with Gasteiger partial charge in [-0.3, -0.25) is 0 Å². The highest BCUT2D eigenvalue weighted by Crippen LogP contribution is 1.66. The van der Waals surface area contributed by atoms with E-state index in [1.54, 1.807) is 0 Å². The Morgan fingerprint density at radius 2 is 1.67 bits per heavy atom. The van der Waals surface area contributed by atoms with Crippen molar-refractivity contribution >= 4 is 29.8 Å². The molecule has 38 valence electrons. The summed E-state index contributed by atoms with van der Waals surface area (Å²) in [6.07, 6.45) is 0. The lowest BCUT2D eigenvalue weighted by atomic mass is 11.9. The van der Waals surface area contributed by atoms with E-state index in [2.05, 4.69) is 17.0 Å². The predicted octanol–water partition coefficient (Wildman–Crippen LogP) is -2.17. The fourth-order valence-electron chi connectivity index (χ4n) is 0.224. The van der Waals surface area contributed by atoms with Crippen molar-refractivity contribution in [3.8, 4) is 0 Å². The second-order valence-electron chi connectivity index (χ2n) is 1.49. The van der Waals surface area contributed by atoms with Gasteiger partial charge < -0.3 is 3.90 Å². The summed E-state index contributed by atoms with van der Waals surface area (Å²) in [5, 5.41) is 0. The molecule has 0 saturated carbocycles. The quantitative estimate of drug-likeness (QED) is 0.390. The van der Waals surface area contributed by atoms with Gasteiger partial charge in [0.15, 0.2) is 0 Å². The van der Waals surface area contributed by atoms with Crippen LogP contribution in [0.4, 0.5) is 0 Å². The van der Waals surface area contributed by atoms with E-state index in [0.717, 1.165) is 0 Å². The Kier molecular flexibility index (Phi) is 4.17. The van der Waals surface area contributed by atoms with Crippen LogP contribution in [0.1, 0.15) is 0 Å². The minimum Gasteiger partial charge on any atom is -0.386 e. The molecule has 0 atom stereocenters. The van der Waals surface area contributed by atoms with E-state index in [1.807, 2.05) is 0 Å². The number of hydrogen-bond acceptors (Lipinski definition) is 1. The molecule has 0 fully saturated rings. The molecule has 0 aromatic carbocycles. The molecule has 0 bridgehead atoms. The molecule has 1 nitrogen and oxygen atoms in total. The third-order valence-electron chi connectivity index (χ3n) is 1.08. The first-order valence-electron chi connectivity index (χ1n) is 2.49. The average Bonchev–Trinajstić information content (AvgIpc) is 1.65. The van der Waals surface area contributed by atoms with Crippen LogP contribution in [0.25, 0.3) is 0 Å². The summed E-state index contributed by atoms with van der Waals surface area (Å²) in [4.78, 5) is 0. The second kappa shape index (κ2) is 3.79. The molecule has 4 heteroatoms. The third kappa shape index (κ3) is 2.83. The first-order valence-corrected chi connectivity index (χ1v) is 7.48. The highest BCUT2D eigenvalue weighted by Gasteiger charge is 1.83. The smallest absolute Gasteiger partial charge is 0.0768 e. The standard InChI is InChI=1S/C2H13NSi3/c1-5-3(4)6-2/h5-6H2,1-2,4H3.